The highest BCUT2D eigenvalue weighted by Gasteiger charge is 2.17. The van der Waals surface area contributed by atoms with Crippen LogP contribution in [0.4, 0.5) is 0 Å². The monoisotopic (exact) mass is 240 g/mol. The zero-order valence-corrected chi connectivity index (χ0v) is 9.48. The standard InChI is InChI=1S/C11H16N2O4/c12-13-11(14)10-9(2-4-17-10)7-16-6-8-1-3-15-5-8/h2,4,8H,1,3,5-7,12H2,(H,13,14). The quantitative estimate of drug-likeness (QED) is 0.443. The smallest absolute Gasteiger partial charge is 0.301 e. The van der Waals surface area contributed by atoms with E-state index in [0.717, 1.165) is 19.6 Å². The van der Waals surface area contributed by atoms with Crippen LogP contribution in [0.25, 0.3) is 0 Å². The summed E-state index contributed by atoms with van der Waals surface area (Å²) in [6, 6.07) is 1.70. The SMILES string of the molecule is NNC(=O)c1occc1COCC1CCOC1. The van der Waals surface area contributed by atoms with E-state index in [-0.39, 0.29) is 5.76 Å². The van der Waals surface area contributed by atoms with E-state index < -0.39 is 5.91 Å². The Morgan fingerprint density at radius 2 is 2.53 bits per heavy atom. The Balaban J connectivity index is 1.82. The molecule has 0 aromatic carbocycles. The predicted octanol–water partition coefficient (Wildman–Crippen LogP) is 0.436. The van der Waals surface area contributed by atoms with E-state index in [0.29, 0.717) is 24.7 Å². The fourth-order valence-electron chi connectivity index (χ4n) is 1.76. The molecule has 0 radical (unpaired) electrons. The molecule has 94 valence electrons. The van der Waals surface area contributed by atoms with Crippen LogP contribution >= 0.6 is 0 Å². The Labute approximate surface area is 99.0 Å². The van der Waals surface area contributed by atoms with Crippen LogP contribution in [0.15, 0.2) is 16.7 Å². The van der Waals surface area contributed by atoms with Crippen molar-refractivity contribution in [1.82, 2.24) is 5.43 Å². The summed E-state index contributed by atoms with van der Waals surface area (Å²) in [6.07, 6.45) is 2.48. The molecule has 3 N–H and O–H groups in total. The molecule has 2 heterocycles. The van der Waals surface area contributed by atoms with E-state index >= 15 is 0 Å². The van der Waals surface area contributed by atoms with E-state index in [2.05, 4.69) is 0 Å². The maximum Gasteiger partial charge on any atom is 0.301 e. The molecule has 0 aliphatic carbocycles. The first kappa shape index (κ1) is 12.1. The molecule has 0 bridgehead atoms. The number of hydrazine groups is 1. The van der Waals surface area contributed by atoms with Gasteiger partial charge in [0, 0.05) is 18.1 Å². The van der Waals surface area contributed by atoms with Crippen LogP contribution in [0.3, 0.4) is 0 Å². The van der Waals surface area contributed by atoms with E-state index in [1.807, 2.05) is 5.43 Å². The molecular formula is C11H16N2O4. The van der Waals surface area contributed by atoms with Crippen molar-refractivity contribution in [3.8, 4) is 0 Å². The summed E-state index contributed by atoms with van der Waals surface area (Å²) >= 11 is 0. The van der Waals surface area contributed by atoms with Gasteiger partial charge in [0.25, 0.3) is 0 Å². The second-order valence-electron chi connectivity index (χ2n) is 3.99. The summed E-state index contributed by atoms with van der Waals surface area (Å²) in [6.45, 7) is 2.53. The topological polar surface area (TPSA) is 86.7 Å². The van der Waals surface area contributed by atoms with E-state index in [9.17, 15) is 4.79 Å². The Kier molecular flexibility index (Phi) is 4.13. The van der Waals surface area contributed by atoms with Crippen LogP contribution in [-0.2, 0) is 16.1 Å². The van der Waals surface area contributed by atoms with Crippen molar-refractivity contribution in [3.63, 3.8) is 0 Å². The van der Waals surface area contributed by atoms with Gasteiger partial charge in [0.2, 0.25) is 0 Å². The number of nitrogens with one attached hydrogen (secondary N) is 1. The number of carbonyl (C=O) groups is 1. The summed E-state index contributed by atoms with van der Waals surface area (Å²) in [5.41, 5.74) is 2.73. The highest BCUT2D eigenvalue weighted by molar-refractivity contribution is 5.92. The first-order valence-corrected chi connectivity index (χ1v) is 5.54. The fraction of sp³-hybridized carbons (Fsp3) is 0.545. The minimum Gasteiger partial charge on any atom is -0.459 e. The lowest BCUT2D eigenvalue weighted by Crippen LogP contribution is -2.30. The molecule has 6 nitrogen and oxygen atoms in total. The lowest BCUT2D eigenvalue weighted by atomic mass is 10.1. The van der Waals surface area contributed by atoms with Crippen LogP contribution in [-0.4, -0.2) is 25.7 Å². The predicted molar refractivity (Wildman–Crippen MR) is 58.9 cm³/mol. The molecular weight excluding hydrogens is 224 g/mol. The number of carbonyl (C=O) groups excluding carboxylic acids is 1. The van der Waals surface area contributed by atoms with Gasteiger partial charge in [-0.15, -0.1) is 0 Å². The Bertz CT molecular complexity index is 371. The van der Waals surface area contributed by atoms with Crippen LogP contribution in [0.1, 0.15) is 22.5 Å². The fourth-order valence-corrected chi connectivity index (χ4v) is 1.76. The summed E-state index contributed by atoms with van der Waals surface area (Å²) < 4.78 is 15.8. The molecule has 1 aliphatic heterocycles. The highest BCUT2D eigenvalue weighted by Crippen LogP contribution is 2.15. The first-order valence-electron chi connectivity index (χ1n) is 5.54. The largest absolute Gasteiger partial charge is 0.459 e. The third-order valence-electron chi connectivity index (χ3n) is 2.72. The van der Waals surface area contributed by atoms with Crippen molar-refractivity contribution in [1.29, 1.82) is 0 Å². The summed E-state index contributed by atoms with van der Waals surface area (Å²) in [4.78, 5) is 11.3. The second-order valence-corrected chi connectivity index (χ2v) is 3.99. The van der Waals surface area contributed by atoms with Crippen molar-refractivity contribution in [2.24, 2.45) is 11.8 Å². The number of hydrogen-bond donors (Lipinski definition) is 2. The van der Waals surface area contributed by atoms with Crippen molar-refractivity contribution in [2.45, 2.75) is 13.0 Å². The van der Waals surface area contributed by atoms with Gasteiger partial charge in [-0.1, -0.05) is 0 Å². The number of ether oxygens (including phenoxy) is 2. The number of nitrogens with two attached hydrogens (primary N) is 1. The summed E-state index contributed by atoms with van der Waals surface area (Å²) in [5, 5.41) is 0. The lowest BCUT2D eigenvalue weighted by molar-refractivity contribution is 0.0764. The molecule has 2 rings (SSSR count). The molecule has 1 atom stereocenters. The number of rotatable bonds is 5. The van der Waals surface area contributed by atoms with Crippen LogP contribution in [0.5, 0.6) is 0 Å². The number of furan rings is 1. The maximum atomic E-state index is 11.3. The zero-order chi connectivity index (χ0) is 12.1. The van der Waals surface area contributed by atoms with E-state index in [1.54, 1.807) is 6.07 Å². The normalized spacial score (nSPS) is 19.5. The van der Waals surface area contributed by atoms with Gasteiger partial charge in [0.05, 0.1) is 26.1 Å². The minimum atomic E-state index is -0.446. The van der Waals surface area contributed by atoms with Crippen molar-refractivity contribution >= 4 is 5.91 Å². The number of nitrogen functional groups attached to an aromatic ring is 1. The highest BCUT2D eigenvalue weighted by atomic mass is 16.5. The van der Waals surface area contributed by atoms with Gasteiger partial charge in [-0.3, -0.25) is 10.2 Å². The molecule has 1 saturated heterocycles. The zero-order valence-electron chi connectivity index (χ0n) is 9.48. The molecule has 1 aliphatic rings. The van der Waals surface area contributed by atoms with Crippen molar-refractivity contribution < 1.29 is 18.7 Å². The Morgan fingerprint density at radius 3 is 3.24 bits per heavy atom. The van der Waals surface area contributed by atoms with Gasteiger partial charge in [0.1, 0.15) is 0 Å². The third kappa shape index (κ3) is 3.06. The Morgan fingerprint density at radius 1 is 1.65 bits per heavy atom. The molecule has 1 aromatic heterocycles. The lowest BCUT2D eigenvalue weighted by Gasteiger charge is -2.08. The molecule has 0 saturated carbocycles. The molecule has 6 heteroatoms. The molecule has 0 spiro atoms. The number of hydrogen-bond acceptors (Lipinski definition) is 5. The molecule has 1 aromatic rings. The molecule has 1 unspecified atom stereocenters. The van der Waals surface area contributed by atoms with Crippen molar-refractivity contribution in [3.05, 3.63) is 23.7 Å². The van der Waals surface area contributed by atoms with Crippen LogP contribution in [0.2, 0.25) is 0 Å². The number of amides is 1. The van der Waals surface area contributed by atoms with Gasteiger partial charge < -0.3 is 13.9 Å². The minimum absolute atomic E-state index is 0.204. The van der Waals surface area contributed by atoms with E-state index in [4.69, 9.17) is 19.7 Å². The van der Waals surface area contributed by atoms with Crippen LogP contribution in [0, 0.1) is 5.92 Å². The average Bonchev–Trinajstić information content (AvgIpc) is 2.99. The average molecular weight is 240 g/mol. The van der Waals surface area contributed by atoms with E-state index in [1.165, 1.54) is 6.26 Å². The van der Waals surface area contributed by atoms with Gasteiger partial charge in [-0.2, -0.15) is 0 Å². The first-order chi connectivity index (χ1) is 8.31. The molecule has 17 heavy (non-hydrogen) atoms. The molecule has 1 amide bonds. The maximum absolute atomic E-state index is 11.3. The van der Waals surface area contributed by atoms with Gasteiger partial charge in [0.15, 0.2) is 5.76 Å². The van der Waals surface area contributed by atoms with Crippen molar-refractivity contribution in [2.75, 3.05) is 19.8 Å². The summed E-state index contributed by atoms with van der Waals surface area (Å²) in [7, 11) is 0. The summed E-state index contributed by atoms with van der Waals surface area (Å²) in [5.74, 6) is 5.25. The van der Waals surface area contributed by atoms with Gasteiger partial charge in [-0.05, 0) is 12.5 Å². The second kappa shape index (κ2) is 5.81. The van der Waals surface area contributed by atoms with Crippen LogP contribution < -0.4 is 11.3 Å². The Hall–Kier alpha value is -1.37. The third-order valence-corrected chi connectivity index (χ3v) is 2.72. The van der Waals surface area contributed by atoms with Gasteiger partial charge in [-0.25, -0.2) is 5.84 Å². The molecule has 1 fully saturated rings. The van der Waals surface area contributed by atoms with Gasteiger partial charge >= 0.3 is 5.91 Å².